The lowest BCUT2D eigenvalue weighted by atomic mass is 10.1. The molecule has 1 aliphatic rings. The van der Waals surface area contributed by atoms with E-state index in [9.17, 15) is 4.79 Å². The Morgan fingerprint density at radius 2 is 2.32 bits per heavy atom. The van der Waals surface area contributed by atoms with Crippen LogP contribution < -0.4 is 5.56 Å². The largest absolute Gasteiger partial charge is 0.310 e. The fraction of sp³-hybridized carbons (Fsp3) is 0.429. The molecule has 5 heteroatoms. The molecule has 19 heavy (non-hydrogen) atoms. The summed E-state index contributed by atoms with van der Waals surface area (Å²) in [5, 5.41) is 2.13. The average Bonchev–Trinajstić information content (AvgIpc) is 2.76. The molecule has 3 heterocycles. The summed E-state index contributed by atoms with van der Waals surface area (Å²) >= 11 is 1.79. The van der Waals surface area contributed by atoms with Crippen molar-refractivity contribution < 1.29 is 0 Å². The van der Waals surface area contributed by atoms with Crippen LogP contribution in [0.2, 0.25) is 0 Å². The fourth-order valence-corrected chi connectivity index (χ4v) is 3.46. The maximum Gasteiger partial charge on any atom is 0.255 e. The van der Waals surface area contributed by atoms with E-state index in [1.807, 2.05) is 6.92 Å². The minimum Gasteiger partial charge on any atom is -0.310 e. The lowest BCUT2D eigenvalue weighted by Crippen LogP contribution is -2.35. The zero-order chi connectivity index (χ0) is 13.4. The Hall–Kier alpha value is -1.46. The standard InChI is InChI=1S/C14H17N3OS/c1-9-4-6-19-13(9)8-17-5-3-12-11(7-17)14(18)16-10(2)15-12/h4,6H,3,5,7-8H2,1-2H3,(H,15,16,18). The van der Waals surface area contributed by atoms with Crippen LogP contribution in [0.4, 0.5) is 0 Å². The third-order valence-electron chi connectivity index (χ3n) is 3.60. The number of nitrogens with zero attached hydrogens (tertiary/aromatic N) is 2. The summed E-state index contributed by atoms with van der Waals surface area (Å²) in [7, 11) is 0. The van der Waals surface area contributed by atoms with Gasteiger partial charge in [0, 0.05) is 30.9 Å². The molecule has 0 fully saturated rings. The highest BCUT2D eigenvalue weighted by molar-refractivity contribution is 7.10. The molecule has 3 rings (SSSR count). The minimum absolute atomic E-state index is 0.0232. The van der Waals surface area contributed by atoms with E-state index in [4.69, 9.17) is 0 Å². The number of H-pyrrole nitrogens is 1. The first-order chi connectivity index (χ1) is 9.13. The highest BCUT2D eigenvalue weighted by Gasteiger charge is 2.21. The number of fused-ring (bicyclic) bond motifs is 1. The second kappa shape index (κ2) is 4.90. The quantitative estimate of drug-likeness (QED) is 0.912. The molecule has 4 nitrogen and oxygen atoms in total. The number of nitrogens with one attached hydrogen (secondary N) is 1. The third-order valence-corrected chi connectivity index (χ3v) is 4.61. The van der Waals surface area contributed by atoms with Crippen molar-refractivity contribution in [2.24, 2.45) is 0 Å². The van der Waals surface area contributed by atoms with E-state index in [1.165, 1.54) is 10.4 Å². The molecule has 2 aromatic heterocycles. The van der Waals surface area contributed by atoms with Gasteiger partial charge in [0.15, 0.2) is 0 Å². The molecule has 0 amide bonds. The first kappa shape index (κ1) is 12.6. The van der Waals surface area contributed by atoms with Crippen LogP contribution in [0.15, 0.2) is 16.2 Å². The van der Waals surface area contributed by atoms with E-state index in [0.29, 0.717) is 12.4 Å². The molecular weight excluding hydrogens is 258 g/mol. The van der Waals surface area contributed by atoms with Gasteiger partial charge in [-0.1, -0.05) is 0 Å². The Morgan fingerprint density at radius 3 is 3.05 bits per heavy atom. The SMILES string of the molecule is Cc1nc2c(c(=O)[nH]1)CN(Cc1sccc1C)CC2. The Kier molecular flexibility index (Phi) is 3.24. The van der Waals surface area contributed by atoms with Gasteiger partial charge in [-0.3, -0.25) is 9.69 Å². The van der Waals surface area contributed by atoms with Gasteiger partial charge in [0.2, 0.25) is 0 Å². The van der Waals surface area contributed by atoms with Gasteiger partial charge in [-0.05, 0) is 30.9 Å². The van der Waals surface area contributed by atoms with Crippen LogP contribution in [0.25, 0.3) is 0 Å². The van der Waals surface area contributed by atoms with Crippen LogP contribution in [-0.4, -0.2) is 21.4 Å². The van der Waals surface area contributed by atoms with Crippen molar-refractivity contribution in [2.45, 2.75) is 33.4 Å². The van der Waals surface area contributed by atoms with Crippen molar-refractivity contribution in [3.05, 3.63) is 49.3 Å². The van der Waals surface area contributed by atoms with Crippen LogP contribution in [0.5, 0.6) is 0 Å². The predicted molar refractivity (Wildman–Crippen MR) is 76.5 cm³/mol. The molecule has 0 saturated heterocycles. The van der Waals surface area contributed by atoms with Crippen LogP contribution in [-0.2, 0) is 19.5 Å². The molecule has 0 atom stereocenters. The van der Waals surface area contributed by atoms with Crippen molar-refractivity contribution in [3.63, 3.8) is 0 Å². The molecule has 0 unspecified atom stereocenters. The Bertz CT molecular complexity index is 659. The van der Waals surface area contributed by atoms with Gasteiger partial charge in [-0.25, -0.2) is 4.98 Å². The van der Waals surface area contributed by atoms with Crippen molar-refractivity contribution in [3.8, 4) is 0 Å². The summed E-state index contributed by atoms with van der Waals surface area (Å²) in [5.74, 6) is 0.714. The monoisotopic (exact) mass is 275 g/mol. The zero-order valence-electron chi connectivity index (χ0n) is 11.2. The summed E-state index contributed by atoms with van der Waals surface area (Å²) in [6.45, 7) is 6.58. The number of hydrogen-bond donors (Lipinski definition) is 1. The van der Waals surface area contributed by atoms with Gasteiger partial charge in [-0.15, -0.1) is 11.3 Å². The van der Waals surface area contributed by atoms with E-state index in [2.05, 4.69) is 33.2 Å². The van der Waals surface area contributed by atoms with Crippen molar-refractivity contribution in [1.82, 2.24) is 14.9 Å². The molecule has 0 bridgehead atoms. The maximum absolute atomic E-state index is 12.0. The first-order valence-electron chi connectivity index (χ1n) is 6.47. The smallest absolute Gasteiger partial charge is 0.255 e. The molecule has 0 aliphatic carbocycles. The van der Waals surface area contributed by atoms with E-state index in [1.54, 1.807) is 11.3 Å². The average molecular weight is 275 g/mol. The number of rotatable bonds is 2. The molecule has 100 valence electrons. The zero-order valence-corrected chi connectivity index (χ0v) is 12.0. The highest BCUT2D eigenvalue weighted by atomic mass is 32.1. The van der Waals surface area contributed by atoms with E-state index < -0.39 is 0 Å². The number of aromatic amines is 1. The predicted octanol–water partition coefficient (Wildman–Crippen LogP) is 2.01. The summed E-state index contributed by atoms with van der Waals surface area (Å²) in [6, 6.07) is 2.15. The summed E-state index contributed by atoms with van der Waals surface area (Å²) in [6.07, 6.45) is 0.866. The summed E-state index contributed by atoms with van der Waals surface area (Å²) in [5.41, 5.74) is 3.17. The second-order valence-electron chi connectivity index (χ2n) is 5.06. The summed E-state index contributed by atoms with van der Waals surface area (Å²) < 4.78 is 0. The molecular formula is C14H17N3OS. The van der Waals surface area contributed by atoms with E-state index in [0.717, 1.165) is 30.8 Å². The molecule has 0 radical (unpaired) electrons. The molecule has 0 spiro atoms. The first-order valence-corrected chi connectivity index (χ1v) is 7.35. The van der Waals surface area contributed by atoms with Gasteiger partial charge >= 0.3 is 0 Å². The van der Waals surface area contributed by atoms with Crippen molar-refractivity contribution in [1.29, 1.82) is 0 Å². The normalized spacial score (nSPS) is 15.5. The lowest BCUT2D eigenvalue weighted by Gasteiger charge is -2.27. The van der Waals surface area contributed by atoms with Crippen molar-refractivity contribution >= 4 is 11.3 Å². The Labute approximate surface area is 116 Å². The van der Waals surface area contributed by atoms with Crippen LogP contribution in [0, 0.1) is 13.8 Å². The van der Waals surface area contributed by atoms with Crippen molar-refractivity contribution in [2.75, 3.05) is 6.54 Å². The van der Waals surface area contributed by atoms with Gasteiger partial charge in [0.05, 0.1) is 11.3 Å². The number of thiophene rings is 1. The molecule has 1 N–H and O–H groups in total. The van der Waals surface area contributed by atoms with E-state index >= 15 is 0 Å². The molecule has 1 aliphatic heterocycles. The van der Waals surface area contributed by atoms with Crippen LogP contribution in [0.1, 0.15) is 27.5 Å². The molecule has 0 saturated carbocycles. The molecule has 2 aromatic rings. The van der Waals surface area contributed by atoms with Gasteiger partial charge in [0.1, 0.15) is 5.82 Å². The van der Waals surface area contributed by atoms with E-state index in [-0.39, 0.29) is 5.56 Å². The maximum atomic E-state index is 12.0. The van der Waals surface area contributed by atoms with Crippen LogP contribution >= 0.6 is 11.3 Å². The van der Waals surface area contributed by atoms with Gasteiger partial charge in [0.25, 0.3) is 5.56 Å². The fourth-order valence-electron chi connectivity index (χ4n) is 2.51. The van der Waals surface area contributed by atoms with Gasteiger partial charge in [-0.2, -0.15) is 0 Å². The minimum atomic E-state index is 0.0232. The summed E-state index contributed by atoms with van der Waals surface area (Å²) in [4.78, 5) is 22.9. The molecule has 0 aromatic carbocycles. The number of hydrogen-bond acceptors (Lipinski definition) is 4. The number of aryl methyl sites for hydroxylation is 2. The number of aromatic nitrogens is 2. The second-order valence-corrected chi connectivity index (χ2v) is 6.06. The Balaban J connectivity index is 1.83. The highest BCUT2D eigenvalue weighted by Crippen LogP contribution is 2.21. The third kappa shape index (κ3) is 2.48. The lowest BCUT2D eigenvalue weighted by molar-refractivity contribution is 0.243. The van der Waals surface area contributed by atoms with Crippen LogP contribution in [0.3, 0.4) is 0 Å². The van der Waals surface area contributed by atoms with Gasteiger partial charge < -0.3 is 4.98 Å². The Morgan fingerprint density at radius 1 is 1.47 bits per heavy atom. The topological polar surface area (TPSA) is 49.0 Å².